The van der Waals surface area contributed by atoms with Crippen molar-refractivity contribution in [2.24, 2.45) is 0 Å². The molecule has 0 bridgehead atoms. The van der Waals surface area contributed by atoms with Gasteiger partial charge in [0, 0.05) is 6.54 Å². The number of carbonyl (C=O) groups is 2. The molecular formula is C19H21NO5. The van der Waals surface area contributed by atoms with Gasteiger partial charge in [-0.15, -0.1) is 0 Å². The standard InChI is InChI=1S/C19H21NO5/c1-13-7-4-5-8-14(13)11-20-17(21)12-25-19(22)18-15(23-2)9-6-10-16(18)24-3/h4-10H,11-12H2,1-3H3,(H,20,21). The van der Waals surface area contributed by atoms with Crippen LogP contribution >= 0.6 is 0 Å². The number of hydrogen-bond acceptors (Lipinski definition) is 5. The Labute approximate surface area is 146 Å². The first kappa shape index (κ1) is 18.3. The van der Waals surface area contributed by atoms with E-state index in [9.17, 15) is 9.59 Å². The first-order valence-corrected chi connectivity index (χ1v) is 7.76. The zero-order valence-electron chi connectivity index (χ0n) is 14.5. The van der Waals surface area contributed by atoms with Gasteiger partial charge < -0.3 is 19.5 Å². The van der Waals surface area contributed by atoms with Gasteiger partial charge in [-0.1, -0.05) is 30.3 Å². The van der Waals surface area contributed by atoms with Crippen molar-refractivity contribution in [1.82, 2.24) is 5.32 Å². The van der Waals surface area contributed by atoms with E-state index in [0.29, 0.717) is 18.0 Å². The van der Waals surface area contributed by atoms with Crippen LogP contribution in [0.25, 0.3) is 0 Å². The van der Waals surface area contributed by atoms with E-state index in [1.165, 1.54) is 14.2 Å². The monoisotopic (exact) mass is 343 g/mol. The number of benzene rings is 2. The lowest BCUT2D eigenvalue weighted by atomic mass is 10.1. The molecule has 0 radical (unpaired) electrons. The van der Waals surface area contributed by atoms with Gasteiger partial charge in [-0.05, 0) is 30.2 Å². The number of esters is 1. The molecule has 2 rings (SSSR count). The highest BCUT2D eigenvalue weighted by Gasteiger charge is 2.20. The summed E-state index contributed by atoms with van der Waals surface area (Å²) < 4.78 is 15.4. The Balaban J connectivity index is 1.94. The summed E-state index contributed by atoms with van der Waals surface area (Å²) >= 11 is 0. The number of aryl methyl sites for hydroxylation is 1. The van der Waals surface area contributed by atoms with E-state index in [2.05, 4.69) is 5.32 Å². The van der Waals surface area contributed by atoms with E-state index in [0.717, 1.165) is 11.1 Å². The van der Waals surface area contributed by atoms with E-state index in [4.69, 9.17) is 14.2 Å². The fourth-order valence-electron chi connectivity index (χ4n) is 2.31. The van der Waals surface area contributed by atoms with Crippen LogP contribution in [0.15, 0.2) is 42.5 Å². The van der Waals surface area contributed by atoms with Crippen molar-refractivity contribution in [2.45, 2.75) is 13.5 Å². The van der Waals surface area contributed by atoms with Gasteiger partial charge in [0.05, 0.1) is 14.2 Å². The van der Waals surface area contributed by atoms with Crippen LogP contribution < -0.4 is 14.8 Å². The fourth-order valence-corrected chi connectivity index (χ4v) is 2.31. The molecule has 1 amide bonds. The van der Waals surface area contributed by atoms with Crippen molar-refractivity contribution in [3.63, 3.8) is 0 Å². The lowest BCUT2D eigenvalue weighted by molar-refractivity contribution is -0.124. The van der Waals surface area contributed by atoms with Crippen LogP contribution in [-0.4, -0.2) is 32.7 Å². The van der Waals surface area contributed by atoms with Crippen LogP contribution in [-0.2, 0) is 16.1 Å². The van der Waals surface area contributed by atoms with Crippen LogP contribution in [0.4, 0.5) is 0 Å². The average Bonchev–Trinajstić information content (AvgIpc) is 2.64. The Morgan fingerprint density at radius 1 is 0.960 bits per heavy atom. The van der Waals surface area contributed by atoms with Gasteiger partial charge in [0.25, 0.3) is 5.91 Å². The van der Waals surface area contributed by atoms with Crippen molar-refractivity contribution >= 4 is 11.9 Å². The molecule has 0 atom stereocenters. The number of ether oxygens (including phenoxy) is 3. The predicted molar refractivity (Wildman–Crippen MR) is 92.9 cm³/mol. The van der Waals surface area contributed by atoms with Gasteiger partial charge in [0.2, 0.25) is 0 Å². The van der Waals surface area contributed by atoms with Crippen molar-refractivity contribution in [1.29, 1.82) is 0 Å². The molecule has 132 valence electrons. The smallest absolute Gasteiger partial charge is 0.346 e. The molecule has 0 aliphatic rings. The number of rotatable bonds is 7. The normalized spacial score (nSPS) is 10.0. The van der Waals surface area contributed by atoms with Crippen molar-refractivity contribution in [3.05, 3.63) is 59.2 Å². The molecule has 1 N–H and O–H groups in total. The van der Waals surface area contributed by atoms with E-state index in [-0.39, 0.29) is 18.1 Å². The molecule has 6 nitrogen and oxygen atoms in total. The highest BCUT2D eigenvalue weighted by atomic mass is 16.5. The summed E-state index contributed by atoms with van der Waals surface area (Å²) in [5.74, 6) is -0.417. The van der Waals surface area contributed by atoms with E-state index < -0.39 is 5.97 Å². The van der Waals surface area contributed by atoms with Crippen LogP contribution in [0.5, 0.6) is 11.5 Å². The Kier molecular flexibility index (Phi) is 6.39. The molecule has 0 heterocycles. The lowest BCUT2D eigenvalue weighted by Crippen LogP contribution is -2.28. The molecule has 2 aromatic rings. The van der Waals surface area contributed by atoms with Crippen LogP contribution in [0.1, 0.15) is 21.5 Å². The Morgan fingerprint density at radius 3 is 2.20 bits per heavy atom. The molecule has 2 aromatic carbocycles. The molecule has 0 aromatic heterocycles. The number of hydrogen-bond donors (Lipinski definition) is 1. The van der Waals surface area contributed by atoms with Crippen LogP contribution in [0.2, 0.25) is 0 Å². The first-order valence-electron chi connectivity index (χ1n) is 7.76. The maximum atomic E-state index is 12.3. The summed E-state index contributed by atoms with van der Waals surface area (Å²) in [6.07, 6.45) is 0. The second-order valence-electron chi connectivity index (χ2n) is 5.32. The summed E-state index contributed by atoms with van der Waals surface area (Å²) in [7, 11) is 2.89. The summed E-state index contributed by atoms with van der Waals surface area (Å²) in [5, 5.41) is 2.73. The quantitative estimate of drug-likeness (QED) is 0.782. The van der Waals surface area contributed by atoms with Gasteiger partial charge in [-0.25, -0.2) is 4.79 Å². The summed E-state index contributed by atoms with van der Waals surface area (Å²) in [6.45, 7) is 1.96. The Bertz CT molecular complexity index is 735. The van der Waals surface area contributed by atoms with E-state index in [1.807, 2.05) is 31.2 Å². The largest absolute Gasteiger partial charge is 0.496 e. The highest BCUT2D eigenvalue weighted by molar-refractivity contribution is 5.96. The van der Waals surface area contributed by atoms with Gasteiger partial charge in [0.1, 0.15) is 17.1 Å². The Morgan fingerprint density at radius 2 is 1.60 bits per heavy atom. The molecule has 0 saturated carbocycles. The van der Waals surface area contributed by atoms with Crippen LogP contribution in [0.3, 0.4) is 0 Å². The third-order valence-corrected chi connectivity index (χ3v) is 3.70. The van der Waals surface area contributed by atoms with Gasteiger partial charge in [0.15, 0.2) is 6.61 Å². The topological polar surface area (TPSA) is 73.9 Å². The molecule has 0 spiro atoms. The predicted octanol–water partition coefficient (Wildman–Crippen LogP) is 2.49. The highest BCUT2D eigenvalue weighted by Crippen LogP contribution is 2.28. The number of amides is 1. The molecule has 0 saturated heterocycles. The average molecular weight is 343 g/mol. The first-order chi connectivity index (χ1) is 12.1. The molecule has 25 heavy (non-hydrogen) atoms. The minimum Gasteiger partial charge on any atom is -0.496 e. The Hall–Kier alpha value is -3.02. The maximum absolute atomic E-state index is 12.3. The minimum atomic E-state index is -0.680. The third-order valence-electron chi connectivity index (χ3n) is 3.70. The van der Waals surface area contributed by atoms with Crippen molar-refractivity contribution in [2.75, 3.05) is 20.8 Å². The minimum absolute atomic E-state index is 0.152. The summed E-state index contributed by atoms with van der Waals surface area (Å²) in [6, 6.07) is 12.7. The van der Waals surface area contributed by atoms with Gasteiger partial charge in [-0.3, -0.25) is 4.79 Å². The van der Waals surface area contributed by atoms with Crippen molar-refractivity contribution in [3.8, 4) is 11.5 Å². The second-order valence-corrected chi connectivity index (χ2v) is 5.32. The molecule has 6 heteroatoms. The lowest BCUT2D eigenvalue weighted by Gasteiger charge is -2.12. The zero-order valence-corrected chi connectivity index (χ0v) is 14.5. The SMILES string of the molecule is COc1cccc(OC)c1C(=O)OCC(=O)NCc1ccccc1C. The molecule has 0 fully saturated rings. The van der Waals surface area contributed by atoms with Gasteiger partial charge in [-0.2, -0.15) is 0 Å². The maximum Gasteiger partial charge on any atom is 0.346 e. The summed E-state index contributed by atoms with van der Waals surface area (Å²) in [5.41, 5.74) is 2.24. The fraction of sp³-hybridized carbons (Fsp3) is 0.263. The molecule has 0 unspecified atom stereocenters. The zero-order chi connectivity index (χ0) is 18.2. The molecule has 0 aliphatic carbocycles. The molecule has 0 aliphatic heterocycles. The number of methoxy groups -OCH3 is 2. The number of carbonyl (C=O) groups excluding carboxylic acids is 2. The van der Waals surface area contributed by atoms with Crippen molar-refractivity contribution < 1.29 is 23.8 Å². The summed E-state index contributed by atoms with van der Waals surface area (Å²) in [4.78, 5) is 24.2. The van der Waals surface area contributed by atoms with Gasteiger partial charge >= 0.3 is 5.97 Å². The van der Waals surface area contributed by atoms with E-state index >= 15 is 0 Å². The second kappa shape index (κ2) is 8.73. The van der Waals surface area contributed by atoms with Crippen LogP contribution in [0, 0.1) is 6.92 Å². The third kappa shape index (κ3) is 4.73. The number of nitrogens with one attached hydrogen (secondary N) is 1. The molecular weight excluding hydrogens is 322 g/mol. The van der Waals surface area contributed by atoms with E-state index in [1.54, 1.807) is 18.2 Å².